The van der Waals surface area contributed by atoms with Crippen molar-refractivity contribution in [2.75, 3.05) is 17.2 Å². The van der Waals surface area contributed by atoms with E-state index in [1.54, 1.807) is 24.5 Å². The minimum atomic E-state index is -1.45. The molecule has 0 amide bonds. The fourth-order valence-corrected chi connectivity index (χ4v) is 5.11. The molecule has 1 aliphatic heterocycles. The molecule has 0 unspecified atom stereocenters. The van der Waals surface area contributed by atoms with E-state index in [0.29, 0.717) is 56.6 Å². The third-order valence-electron chi connectivity index (χ3n) is 7.00. The largest absolute Gasteiger partial charge is 0.396 e. The molecule has 2 aromatic carbocycles. The van der Waals surface area contributed by atoms with Gasteiger partial charge in [-0.25, -0.2) is 0 Å². The highest BCUT2D eigenvalue weighted by Gasteiger charge is 2.32. The van der Waals surface area contributed by atoms with Crippen LogP contribution in [-0.2, 0) is 0 Å². The van der Waals surface area contributed by atoms with E-state index < -0.39 is 6.02 Å². The van der Waals surface area contributed by atoms with Crippen LogP contribution in [0, 0.1) is 11.3 Å². The third-order valence-corrected chi connectivity index (χ3v) is 7.29. The minimum Gasteiger partial charge on any atom is -0.396 e. The number of nitrogens with zero attached hydrogens (tertiary/aromatic N) is 4. The van der Waals surface area contributed by atoms with Crippen LogP contribution in [0.5, 0.6) is 0 Å². The zero-order valence-electron chi connectivity index (χ0n) is 22.6. The first-order valence-corrected chi connectivity index (χ1v) is 13.5. The second-order valence-corrected chi connectivity index (χ2v) is 10.2. The summed E-state index contributed by atoms with van der Waals surface area (Å²) in [7, 11) is 0. The smallest absolute Gasteiger partial charge is 0.103 e. The number of hydrogen-bond acceptors (Lipinski definition) is 9. The Kier molecular flexibility index (Phi) is 7.03. The summed E-state index contributed by atoms with van der Waals surface area (Å²) in [5.74, 6) is 0. The first-order valence-electron chi connectivity index (χ1n) is 13.7. The molecule has 0 saturated heterocycles. The maximum absolute atomic E-state index is 9.99. The number of fused-ring (bicyclic) bond motifs is 1. The number of halogens is 1. The summed E-state index contributed by atoms with van der Waals surface area (Å²) < 4.78 is 9.64. The number of hydrogen-bond donors (Lipinski definition) is 5. The van der Waals surface area contributed by atoms with Gasteiger partial charge in [-0.15, -0.1) is 5.53 Å². The lowest BCUT2D eigenvalue weighted by Gasteiger charge is -2.24. The van der Waals surface area contributed by atoms with Gasteiger partial charge in [0.2, 0.25) is 0 Å². The van der Waals surface area contributed by atoms with Crippen molar-refractivity contribution >= 4 is 33.9 Å². The van der Waals surface area contributed by atoms with Crippen LogP contribution in [0.25, 0.3) is 10.9 Å². The Labute approximate surface area is 238 Å². The van der Waals surface area contributed by atoms with E-state index in [2.05, 4.69) is 37.6 Å². The van der Waals surface area contributed by atoms with Crippen LogP contribution >= 0.6 is 11.6 Å². The molecule has 1 aliphatic carbocycles. The van der Waals surface area contributed by atoms with Gasteiger partial charge in [-0.1, -0.05) is 48.0 Å². The lowest BCUT2D eigenvalue weighted by molar-refractivity contribution is 0.260. The van der Waals surface area contributed by atoms with Crippen molar-refractivity contribution in [2.45, 2.75) is 37.4 Å². The average molecular weight is 554 g/mol. The van der Waals surface area contributed by atoms with Crippen molar-refractivity contribution in [3.63, 3.8) is 0 Å². The number of aliphatic hydroxyl groups is 1. The van der Waals surface area contributed by atoms with Crippen molar-refractivity contribution in [1.82, 2.24) is 25.9 Å². The van der Waals surface area contributed by atoms with Crippen molar-refractivity contribution in [1.29, 1.82) is 5.26 Å². The van der Waals surface area contributed by atoms with Crippen LogP contribution in [0.3, 0.4) is 0 Å². The Hall–Kier alpha value is -4.36. The SMILES string of the molecule is [2H][C@](Nc1cc(Cl)c2ncc(C#N)c(N[C@H](CCO)c3ccccc3)c2c1)(C1=CN(C2CC2)NN1)c1cccnc1. The normalized spacial score (nSPS) is 17.3. The Morgan fingerprint density at radius 1 is 1.15 bits per heavy atom. The van der Waals surface area contributed by atoms with Crippen LogP contribution in [-0.4, -0.2) is 32.7 Å². The molecule has 2 atom stereocenters. The quantitative estimate of drug-likeness (QED) is 0.181. The van der Waals surface area contributed by atoms with Gasteiger partial charge in [0.25, 0.3) is 0 Å². The van der Waals surface area contributed by atoms with Gasteiger partial charge in [-0.3, -0.25) is 15.0 Å². The topological polar surface area (TPSA) is 121 Å². The van der Waals surface area contributed by atoms with E-state index in [1.165, 1.54) is 6.20 Å². The summed E-state index contributed by atoms with van der Waals surface area (Å²) in [5.41, 5.74) is 10.5. The number of aliphatic hydroxyl groups excluding tert-OH is 1. The molecule has 6 rings (SSSR count). The van der Waals surface area contributed by atoms with Gasteiger partial charge in [-0.2, -0.15) is 5.26 Å². The summed E-state index contributed by atoms with van der Waals surface area (Å²) in [5, 5.41) is 29.6. The first kappa shape index (κ1) is 24.7. The number of hydrazine groups is 2. The molecule has 2 aromatic heterocycles. The zero-order chi connectivity index (χ0) is 28.4. The lowest BCUT2D eigenvalue weighted by atomic mass is 10.0. The minimum absolute atomic E-state index is 0.0362. The molecule has 5 N–H and O–H groups in total. The van der Waals surface area contributed by atoms with Crippen molar-refractivity contribution < 1.29 is 6.48 Å². The molecule has 10 heteroatoms. The maximum atomic E-state index is 9.99. The molecule has 202 valence electrons. The molecular weight excluding hydrogens is 524 g/mol. The second kappa shape index (κ2) is 11.4. The van der Waals surface area contributed by atoms with Gasteiger partial charge in [0, 0.05) is 48.5 Å². The van der Waals surface area contributed by atoms with Crippen molar-refractivity contribution in [3.05, 3.63) is 107 Å². The number of anilines is 2. The molecule has 1 fully saturated rings. The molecular formula is C30H29ClN8O. The summed E-state index contributed by atoms with van der Waals surface area (Å²) in [4.78, 5) is 8.74. The highest BCUT2D eigenvalue weighted by Crippen LogP contribution is 2.38. The Balaban J connectivity index is 1.44. The first-order chi connectivity index (χ1) is 20.0. The average Bonchev–Trinajstić information content (AvgIpc) is 3.73. The van der Waals surface area contributed by atoms with Crippen LogP contribution in [0.15, 0.2) is 85.1 Å². The van der Waals surface area contributed by atoms with Crippen molar-refractivity contribution in [2.24, 2.45) is 0 Å². The number of aromatic nitrogens is 2. The second-order valence-electron chi connectivity index (χ2n) is 9.79. The predicted octanol–water partition coefficient (Wildman–Crippen LogP) is 5.17. The van der Waals surface area contributed by atoms with Crippen LogP contribution < -0.4 is 21.6 Å². The molecule has 40 heavy (non-hydrogen) atoms. The summed E-state index contributed by atoms with van der Waals surface area (Å²) in [6.07, 6.45) is 9.36. The molecule has 0 radical (unpaired) electrons. The van der Waals surface area contributed by atoms with E-state index in [1.807, 2.05) is 53.7 Å². The monoisotopic (exact) mass is 553 g/mol. The van der Waals surface area contributed by atoms with Crippen molar-refractivity contribution in [3.8, 4) is 6.07 Å². The summed E-state index contributed by atoms with van der Waals surface area (Å²) in [6, 6.07) is 17.9. The summed E-state index contributed by atoms with van der Waals surface area (Å²) in [6.45, 7) is -0.0362. The fraction of sp³-hybridized carbons (Fsp3) is 0.233. The maximum Gasteiger partial charge on any atom is 0.103 e. The number of benzene rings is 2. The molecule has 0 bridgehead atoms. The molecule has 0 spiro atoms. The highest BCUT2D eigenvalue weighted by atomic mass is 35.5. The van der Waals surface area contributed by atoms with Crippen LogP contribution in [0.2, 0.25) is 5.02 Å². The molecule has 2 aliphatic rings. The number of rotatable bonds is 10. The third kappa shape index (κ3) is 5.38. The van der Waals surface area contributed by atoms with E-state index >= 15 is 0 Å². The van der Waals surface area contributed by atoms with E-state index in [4.69, 9.17) is 11.6 Å². The van der Waals surface area contributed by atoms with Gasteiger partial charge in [-0.05, 0) is 48.6 Å². The number of nitriles is 1. The number of nitrogens with one attached hydrogen (secondary N) is 4. The standard InChI is InChI=1S/C30H29ClN8O/c31-25-14-22(35-29(20-7-4-11-33-16-20)27-18-39(38-37-27)23-8-9-23)13-24-28(21(15-32)17-34-30(24)25)36-26(10-12-40)19-5-2-1-3-6-19/h1-7,11,13-14,16-18,23,26,29,35,37-38,40H,8-10,12H2,(H,34,36)/t26-,29-/m1/s1/i29D. The van der Waals surface area contributed by atoms with Gasteiger partial charge in [0.1, 0.15) is 6.07 Å². The lowest BCUT2D eigenvalue weighted by Crippen LogP contribution is -2.38. The molecule has 9 nitrogen and oxygen atoms in total. The Morgan fingerprint density at radius 2 is 1.98 bits per heavy atom. The van der Waals surface area contributed by atoms with Crippen LogP contribution in [0.1, 0.15) is 49.4 Å². The molecule has 1 saturated carbocycles. The zero-order valence-corrected chi connectivity index (χ0v) is 22.4. The van der Waals surface area contributed by atoms with Gasteiger partial charge in [0.15, 0.2) is 0 Å². The summed E-state index contributed by atoms with van der Waals surface area (Å²) >= 11 is 6.77. The van der Waals surface area contributed by atoms with Crippen LogP contribution in [0.4, 0.5) is 11.4 Å². The van der Waals surface area contributed by atoms with E-state index in [9.17, 15) is 11.7 Å². The van der Waals surface area contributed by atoms with Gasteiger partial charge in [0.05, 0.1) is 40.9 Å². The molecule has 4 aromatic rings. The number of pyridine rings is 2. The molecule has 3 heterocycles. The van der Waals surface area contributed by atoms with Gasteiger partial charge < -0.3 is 21.2 Å². The Morgan fingerprint density at radius 3 is 2.70 bits per heavy atom. The van der Waals surface area contributed by atoms with E-state index in [-0.39, 0.29) is 12.6 Å². The van der Waals surface area contributed by atoms with E-state index in [0.717, 1.165) is 18.4 Å². The highest BCUT2D eigenvalue weighted by molar-refractivity contribution is 6.35. The van der Waals surface area contributed by atoms with Gasteiger partial charge >= 0.3 is 0 Å². The Bertz CT molecular complexity index is 1630. The fourth-order valence-electron chi connectivity index (χ4n) is 4.84. The predicted molar refractivity (Wildman–Crippen MR) is 156 cm³/mol.